The van der Waals surface area contributed by atoms with E-state index in [0.717, 1.165) is 29.4 Å². The topological polar surface area (TPSA) is 50.8 Å². The van der Waals surface area contributed by atoms with Crippen LogP contribution in [-0.2, 0) is 10.2 Å². The monoisotopic (exact) mass is 683 g/mol. The zero-order valence-corrected chi connectivity index (χ0v) is 25.5. The van der Waals surface area contributed by atoms with Crippen LogP contribution in [0.15, 0.2) is 48.5 Å². The molecule has 4 aliphatic rings. The molecule has 1 aliphatic carbocycles. The van der Waals surface area contributed by atoms with Crippen LogP contribution in [0.1, 0.15) is 68.4 Å². The number of carbonyl (C=O) groups excluding carboxylic acids is 1. The van der Waals surface area contributed by atoms with E-state index in [2.05, 4.69) is 38.8 Å². The summed E-state index contributed by atoms with van der Waals surface area (Å²) in [6.07, 6.45) is 4.27. The van der Waals surface area contributed by atoms with Crippen LogP contribution in [0.25, 0.3) is 0 Å². The quantitative estimate of drug-likeness (QED) is 0.299. The molecule has 0 aromatic heterocycles. The maximum absolute atomic E-state index is 14.8. The number of carbonyl (C=O) groups is 1. The van der Waals surface area contributed by atoms with Crippen molar-refractivity contribution in [2.45, 2.75) is 74.9 Å². The van der Waals surface area contributed by atoms with Crippen molar-refractivity contribution in [3.63, 3.8) is 0 Å². The van der Waals surface area contributed by atoms with Crippen LogP contribution in [0.5, 0.6) is 11.5 Å². The molecule has 3 fully saturated rings. The SMILES string of the molecule is O=C([C@@H]1C[I-]NC[C@]12CCOc1c(OCC(F)(F)F)cccc12)N1CC[C@@H](c2ccccc2)C[C@H]1C1CCCCC1. The van der Waals surface area contributed by atoms with Gasteiger partial charge in [0, 0.05) is 0 Å². The van der Waals surface area contributed by atoms with E-state index in [1.807, 2.05) is 6.07 Å². The fourth-order valence-electron chi connectivity index (χ4n) is 7.68. The number of halogens is 4. The maximum atomic E-state index is 14.8. The van der Waals surface area contributed by atoms with E-state index in [0.29, 0.717) is 37.2 Å². The summed E-state index contributed by atoms with van der Waals surface area (Å²) in [6, 6.07) is 16.2. The van der Waals surface area contributed by atoms with Crippen molar-refractivity contribution in [1.82, 2.24) is 8.43 Å². The van der Waals surface area contributed by atoms with Crippen molar-refractivity contribution in [3.05, 3.63) is 59.7 Å². The standard InChI is InChI=1S/C32H39F3IN2O3/c33-32(34,35)21-41-28-13-7-12-25-29(28)40-17-15-31(25)20-37-36-19-26(31)30(39)38-16-14-24(22-8-3-1-4-9-22)18-27(38)23-10-5-2-6-11-23/h1,3-4,7-9,12-13,23-24,26-27,37H,2,5-6,10-11,14-21H2/q-1/t24-,26+,27+,31+/m1/s1. The predicted molar refractivity (Wildman–Crippen MR) is 147 cm³/mol. The van der Waals surface area contributed by atoms with Crippen molar-refractivity contribution < 1.29 is 48.9 Å². The molecule has 1 saturated carbocycles. The van der Waals surface area contributed by atoms with Gasteiger partial charge in [0.15, 0.2) is 0 Å². The molecule has 0 radical (unpaired) electrons. The van der Waals surface area contributed by atoms with Crippen LogP contribution in [0.4, 0.5) is 13.2 Å². The van der Waals surface area contributed by atoms with E-state index >= 15 is 0 Å². The number of piperidine rings is 1. The number of nitrogens with zero attached hydrogens (tertiary/aromatic N) is 1. The van der Waals surface area contributed by atoms with Gasteiger partial charge >= 0.3 is 252 Å². The van der Waals surface area contributed by atoms with E-state index in [9.17, 15) is 18.0 Å². The summed E-state index contributed by atoms with van der Waals surface area (Å²) in [7, 11) is 0. The van der Waals surface area contributed by atoms with Gasteiger partial charge in [-0.05, 0) is 0 Å². The molecule has 224 valence electrons. The molecule has 2 aromatic carbocycles. The first-order valence-corrected chi connectivity index (χ1v) is 17.6. The summed E-state index contributed by atoms with van der Waals surface area (Å²) < 4.78 is 54.6. The summed E-state index contributed by atoms with van der Waals surface area (Å²) in [4.78, 5) is 17.0. The van der Waals surface area contributed by atoms with Crippen molar-refractivity contribution in [3.8, 4) is 11.5 Å². The van der Waals surface area contributed by atoms with Crippen LogP contribution in [0, 0.1) is 11.8 Å². The third-order valence-electron chi connectivity index (χ3n) is 9.77. The number of benzene rings is 2. The van der Waals surface area contributed by atoms with E-state index in [4.69, 9.17) is 9.47 Å². The number of para-hydroxylation sites is 1. The van der Waals surface area contributed by atoms with Gasteiger partial charge < -0.3 is 0 Å². The first-order chi connectivity index (χ1) is 19.9. The second-order valence-corrected chi connectivity index (χ2v) is 14.5. The van der Waals surface area contributed by atoms with Crippen molar-refractivity contribution in [1.29, 1.82) is 0 Å². The molecule has 6 rings (SSSR count). The summed E-state index contributed by atoms with van der Waals surface area (Å²) >= 11 is -0.350. The van der Waals surface area contributed by atoms with Gasteiger partial charge in [0.1, 0.15) is 0 Å². The van der Waals surface area contributed by atoms with Gasteiger partial charge in [0.05, 0.1) is 0 Å². The van der Waals surface area contributed by atoms with Crippen LogP contribution >= 0.6 is 0 Å². The number of likely N-dealkylation sites (tertiary alicyclic amines) is 1. The summed E-state index contributed by atoms with van der Waals surface area (Å²) in [5, 5.41) is 0. The van der Waals surface area contributed by atoms with E-state index in [1.165, 1.54) is 43.7 Å². The van der Waals surface area contributed by atoms with Gasteiger partial charge in [-0.25, -0.2) is 0 Å². The second kappa shape index (κ2) is 12.3. The molecule has 1 spiro atoms. The molecule has 3 aliphatic heterocycles. The van der Waals surface area contributed by atoms with Gasteiger partial charge in [-0.3, -0.25) is 0 Å². The zero-order chi connectivity index (χ0) is 28.5. The minimum atomic E-state index is -4.44. The first kappa shape index (κ1) is 29.1. The Bertz CT molecular complexity index is 1210. The Labute approximate surface area is 251 Å². The molecule has 0 bridgehead atoms. The average Bonchev–Trinajstić information content (AvgIpc) is 3.00. The predicted octanol–water partition coefficient (Wildman–Crippen LogP) is 3.23. The van der Waals surface area contributed by atoms with Gasteiger partial charge in [-0.2, -0.15) is 0 Å². The Kier molecular flexibility index (Phi) is 8.73. The second-order valence-electron chi connectivity index (χ2n) is 12.1. The molecular formula is C32H39F3IN2O3-. The van der Waals surface area contributed by atoms with Gasteiger partial charge in [-0.15, -0.1) is 0 Å². The Hall–Kier alpha value is -2.01. The van der Waals surface area contributed by atoms with Crippen molar-refractivity contribution in [2.24, 2.45) is 11.8 Å². The molecule has 0 unspecified atom stereocenters. The number of nitrogens with one attached hydrogen (secondary N) is 1. The number of fused-ring (bicyclic) bond motifs is 2. The molecule has 9 heteroatoms. The van der Waals surface area contributed by atoms with Crippen LogP contribution in [0.2, 0.25) is 0 Å². The number of ether oxygens (including phenoxy) is 2. The minimum absolute atomic E-state index is 0.106. The van der Waals surface area contributed by atoms with Crippen LogP contribution in [0.3, 0.4) is 0 Å². The Morgan fingerprint density at radius 2 is 1.88 bits per heavy atom. The Morgan fingerprint density at radius 1 is 1.07 bits per heavy atom. The van der Waals surface area contributed by atoms with Gasteiger partial charge in [0.2, 0.25) is 0 Å². The molecular weight excluding hydrogens is 644 g/mol. The number of hydrogen-bond acceptors (Lipinski definition) is 4. The molecule has 1 N–H and O–H groups in total. The fraction of sp³-hybridized carbons (Fsp3) is 0.594. The number of alkyl halides is 4. The molecule has 5 nitrogen and oxygen atoms in total. The van der Waals surface area contributed by atoms with Gasteiger partial charge in [-0.1, -0.05) is 0 Å². The molecule has 2 saturated heterocycles. The number of hydrogen-bond donors (Lipinski definition) is 1. The van der Waals surface area contributed by atoms with Crippen LogP contribution in [-0.4, -0.2) is 53.8 Å². The third kappa shape index (κ3) is 6.08. The molecule has 2 aromatic rings. The van der Waals surface area contributed by atoms with E-state index in [1.54, 1.807) is 6.07 Å². The summed E-state index contributed by atoms with van der Waals surface area (Å²) in [5.74, 6) is 1.48. The fourth-order valence-corrected chi connectivity index (χ4v) is 10.6. The average molecular weight is 684 g/mol. The molecule has 41 heavy (non-hydrogen) atoms. The number of amides is 1. The molecule has 1 amide bonds. The Morgan fingerprint density at radius 3 is 2.66 bits per heavy atom. The number of rotatable bonds is 5. The zero-order valence-electron chi connectivity index (χ0n) is 23.3. The first-order valence-electron chi connectivity index (χ1n) is 15.0. The van der Waals surface area contributed by atoms with Gasteiger partial charge in [0.25, 0.3) is 0 Å². The van der Waals surface area contributed by atoms with E-state index in [-0.39, 0.29) is 45.1 Å². The Balaban J connectivity index is 1.31. The summed E-state index contributed by atoms with van der Waals surface area (Å²) in [6.45, 7) is 0.386. The third-order valence-corrected chi connectivity index (χ3v) is 12.0. The summed E-state index contributed by atoms with van der Waals surface area (Å²) in [5.41, 5.74) is 1.66. The normalized spacial score (nSPS) is 29.2. The molecule has 3 heterocycles. The van der Waals surface area contributed by atoms with Crippen LogP contribution < -0.4 is 34.5 Å². The van der Waals surface area contributed by atoms with E-state index < -0.39 is 18.2 Å². The van der Waals surface area contributed by atoms with Crippen molar-refractivity contribution in [2.75, 3.05) is 30.7 Å². The van der Waals surface area contributed by atoms with Crippen molar-refractivity contribution >= 4 is 5.91 Å². The molecule has 4 atom stereocenters.